The molecule has 0 saturated heterocycles. The lowest BCUT2D eigenvalue weighted by Gasteiger charge is -2.11. The first-order valence-electron chi connectivity index (χ1n) is 6.49. The van der Waals surface area contributed by atoms with Crippen LogP contribution in [0.4, 0.5) is 0 Å². The van der Waals surface area contributed by atoms with Crippen molar-refractivity contribution in [2.75, 3.05) is 0 Å². The Morgan fingerprint density at radius 1 is 1.25 bits per heavy atom. The maximum absolute atomic E-state index is 5.98. The van der Waals surface area contributed by atoms with Gasteiger partial charge < -0.3 is 10.5 Å². The van der Waals surface area contributed by atoms with Crippen LogP contribution in [0.15, 0.2) is 38.6 Å². The van der Waals surface area contributed by atoms with Crippen LogP contribution >= 0.6 is 43.2 Å². The van der Waals surface area contributed by atoms with Gasteiger partial charge in [-0.05, 0) is 74.5 Å². The second-order valence-electron chi connectivity index (χ2n) is 4.63. The van der Waals surface area contributed by atoms with Crippen molar-refractivity contribution in [3.63, 3.8) is 0 Å². The lowest BCUT2D eigenvalue weighted by Crippen LogP contribution is -2.21. The molecule has 5 heteroatoms. The molecular weight excluding hydrogens is 402 g/mol. The average molecular weight is 419 g/mol. The molecule has 0 radical (unpaired) electrons. The molecule has 0 aliphatic carbocycles. The summed E-state index contributed by atoms with van der Waals surface area (Å²) in [7, 11) is 0. The minimum atomic E-state index is 0.220. The summed E-state index contributed by atoms with van der Waals surface area (Å²) < 4.78 is 7.94. The molecule has 108 valence electrons. The number of ether oxygens (including phenoxy) is 1. The van der Waals surface area contributed by atoms with Gasteiger partial charge in [-0.3, -0.25) is 0 Å². The lowest BCUT2D eigenvalue weighted by atomic mass is 10.0. The molecule has 1 aromatic carbocycles. The van der Waals surface area contributed by atoms with Crippen LogP contribution in [0.5, 0.6) is 5.75 Å². The highest BCUT2D eigenvalue weighted by Crippen LogP contribution is 2.29. The van der Waals surface area contributed by atoms with Crippen LogP contribution in [0.25, 0.3) is 0 Å². The van der Waals surface area contributed by atoms with Crippen LogP contribution in [-0.4, -0.2) is 6.04 Å². The third-order valence-electron chi connectivity index (χ3n) is 3.02. The van der Waals surface area contributed by atoms with E-state index in [9.17, 15) is 0 Å². The topological polar surface area (TPSA) is 35.2 Å². The van der Waals surface area contributed by atoms with Gasteiger partial charge in [0.2, 0.25) is 0 Å². The summed E-state index contributed by atoms with van der Waals surface area (Å²) in [4.78, 5) is 1.20. The fourth-order valence-corrected chi connectivity index (χ4v) is 3.75. The van der Waals surface area contributed by atoms with Crippen molar-refractivity contribution in [1.29, 1.82) is 0 Å². The summed E-state index contributed by atoms with van der Waals surface area (Å²) in [6, 6.07) is 10.5. The zero-order valence-electron chi connectivity index (χ0n) is 11.2. The van der Waals surface area contributed by atoms with Crippen molar-refractivity contribution < 1.29 is 4.74 Å². The van der Waals surface area contributed by atoms with Crippen molar-refractivity contribution in [3.8, 4) is 5.75 Å². The Labute approximate surface area is 140 Å². The van der Waals surface area contributed by atoms with Gasteiger partial charge in [-0.15, -0.1) is 11.3 Å². The summed E-state index contributed by atoms with van der Waals surface area (Å²) in [5, 5.41) is 0. The second-order valence-corrected chi connectivity index (χ2v) is 8.03. The predicted molar refractivity (Wildman–Crippen MR) is 92.5 cm³/mol. The van der Waals surface area contributed by atoms with E-state index >= 15 is 0 Å². The summed E-state index contributed by atoms with van der Waals surface area (Å²) in [5.41, 5.74) is 7.21. The van der Waals surface area contributed by atoms with Gasteiger partial charge in [0.1, 0.15) is 12.4 Å². The zero-order chi connectivity index (χ0) is 14.5. The van der Waals surface area contributed by atoms with Crippen LogP contribution in [-0.2, 0) is 13.0 Å². The summed E-state index contributed by atoms with van der Waals surface area (Å²) in [6.45, 7) is 2.69. The molecule has 2 rings (SSSR count). The molecule has 0 bridgehead atoms. The Morgan fingerprint density at radius 3 is 2.65 bits per heavy atom. The SMILES string of the molecule is CCC(N)Cc1ccc(OCc2ccc(Br)s2)c(Br)c1. The Bertz CT molecular complexity index is 571. The van der Waals surface area contributed by atoms with E-state index in [-0.39, 0.29) is 6.04 Å². The molecule has 1 atom stereocenters. The Morgan fingerprint density at radius 2 is 2.05 bits per heavy atom. The maximum Gasteiger partial charge on any atom is 0.134 e. The quantitative estimate of drug-likeness (QED) is 0.705. The number of benzene rings is 1. The smallest absolute Gasteiger partial charge is 0.134 e. The molecule has 2 N–H and O–H groups in total. The number of nitrogens with two attached hydrogens (primary N) is 1. The van der Waals surface area contributed by atoms with E-state index in [2.05, 4.69) is 57.0 Å². The number of rotatable bonds is 6. The molecule has 0 spiro atoms. The minimum absolute atomic E-state index is 0.220. The highest BCUT2D eigenvalue weighted by atomic mass is 79.9. The Kier molecular flexibility index (Phi) is 6.08. The number of thiophene rings is 1. The van der Waals surface area contributed by atoms with E-state index in [1.54, 1.807) is 11.3 Å². The molecule has 1 heterocycles. The van der Waals surface area contributed by atoms with Crippen molar-refractivity contribution in [3.05, 3.63) is 49.0 Å². The van der Waals surface area contributed by atoms with Gasteiger partial charge >= 0.3 is 0 Å². The highest BCUT2D eigenvalue weighted by molar-refractivity contribution is 9.11. The van der Waals surface area contributed by atoms with Crippen LogP contribution in [0.2, 0.25) is 0 Å². The third-order valence-corrected chi connectivity index (χ3v) is 5.23. The molecule has 0 fully saturated rings. The normalized spacial score (nSPS) is 12.4. The number of hydrogen-bond acceptors (Lipinski definition) is 3. The molecule has 2 nitrogen and oxygen atoms in total. The van der Waals surface area contributed by atoms with E-state index < -0.39 is 0 Å². The zero-order valence-corrected chi connectivity index (χ0v) is 15.2. The largest absolute Gasteiger partial charge is 0.487 e. The molecule has 0 amide bonds. The van der Waals surface area contributed by atoms with Gasteiger partial charge in [0.25, 0.3) is 0 Å². The van der Waals surface area contributed by atoms with E-state index in [4.69, 9.17) is 10.5 Å². The monoisotopic (exact) mass is 417 g/mol. The summed E-state index contributed by atoms with van der Waals surface area (Å²) >= 11 is 8.71. The fraction of sp³-hybridized carbons (Fsp3) is 0.333. The van der Waals surface area contributed by atoms with Gasteiger partial charge in [-0.25, -0.2) is 0 Å². The van der Waals surface area contributed by atoms with Gasteiger partial charge in [-0.1, -0.05) is 13.0 Å². The number of halogens is 2. The van der Waals surface area contributed by atoms with Gasteiger partial charge in [0.05, 0.1) is 8.26 Å². The van der Waals surface area contributed by atoms with E-state index in [1.807, 2.05) is 12.1 Å². The van der Waals surface area contributed by atoms with Gasteiger partial charge in [-0.2, -0.15) is 0 Å². The summed E-state index contributed by atoms with van der Waals surface area (Å²) in [5.74, 6) is 0.864. The lowest BCUT2D eigenvalue weighted by molar-refractivity contribution is 0.307. The van der Waals surface area contributed by atoms with Gasteiger partial charge in [0.15, 0.2) is 0 Å². The first-order chi connectivity index (χ1) is 9.58. The average Bonchev–Trinajstić information content (AvgIpc) is 2.83. The molecule has 0 saturated carbocycles. The van der Waals surface area contributed by atoms with E-state index in [0.29, 0.717) is 6.61 Å². The van der Waals surface area contributed by atoms with Crippen molar-refractivity contribution in [1.82, 2.24) is 0 Å². The molecule has 2 aromatic rings. The maximum atomic E-state index is 5.98. The van der Waals surface area contributed by atoms with E-state index in [0.717, 1.165) is 26.9 Å². The van der Waals surface area contributed by atoms with Crippen LogP contribution < -0.4 is 10.5 Å². The van der Waals surface area contributed by atoms with Crippen molar-refractivity contribution >= 4 is 43.2 Å². The highest BCUT2D eigenvalue weighted by Gasteiger charge is 2.07. The summed E-state index contributed by atoms with van der Waals surface area (Å²) in [6.07, 6.45) is 1.89. The predicted octanol–water partition coefficient (Wildman–Crippen LogP) is 5.13. The number of hydrogen-bond donors (Lipinski definition) is 1. The van der Waals surface area contributed by atoms with E-state index in [1.165, 1.54) is 10.4 Å². The van der Waals surface area contributed by atoms with Crippen molar-refractivity contribution in [2.45, 2.75) is 32.4 Å². The van der Waals surface area contributed by atoms with Crippen molar-refractivity contribution in [2.24, 2.45) is 5.73 Å². The van der Waals surface area contributed by atoms with Gasteiger partial charge in [0, 0.05) is 10.9 Å². The fourth-order valence-electron chi connectivity index (χ4n) is 1.81. The molecule has 0 aliphatic rings. The first-order valence-corrected chi connectivity index (χ1v) is 8.89. The Hall–Kier alpha value is -0.360. The van der Waals surface area contributed by atoms with Crippen LogP contribution in [0.1, 0.15) is 23.8 Å². The third kappa shape index (κ3) is 4.58. The molecule has 1 unspecified atom stereocenters. The first kappa shape index (κ1) is 16.0. The second kappa shape index (κ2) is 7.59. The standard InChI is InChI=1S/C15H17Br2NOS/c1-2-11(18)7-10-3-5-14(13(16)8-10)19-9-12-4-6-15(17)20-12/h3-6,8,11H,2,7,9,18H2,1H3. The Balaban J connectivity index is 1.98. The molecule has 0 aliphatic heterocycles. The minimum Gasteiger partial charge on any atom is -0.487 e. The molecular formula is C15H17Br2NOS. The van der Waals surface area contributed by atoms with Crippen LogP contribution in [0, 0.1) is 0 Å². The molecule has 20 heavy (non-hydrogen) atoms. The molecule has 1 aromatic heterocycles. The van der Waals surface area contributed by atoms with Crippen LogP contribution in [0.3, 0.4) is 0 Å².